The van der Waals surface area contributed by atoms with Crippen LogP contribution in [0, 0.1) is 0 Å². The van der Waals surface area contributed by atoms with E-state index in [0.717, 1.165) is 12.1 Å². The average Bonchev–Trinajstić information content (AvgIpc) is 2.73. The fourth-order valence-electron chi connectivity index (χ4n) is 1.57. The number of aliphatic hydroxyl groups excluding tert-OH is 1. The third-order valence-electron chi connectivity index (χ3n) is 2.51. The highest BCUT2D eigenvalue weighted by molar-refractivity contribution is 9.10. The molecule has 2 aromatic rings. The molecule has 0 saturated heterocycles. The zero-order valence-electron chi connectivity index (χ0n) is 9.21. The molecule has 0 aliphatic heterocycles. The quantitative estimate of drug-likeness (QED) is 0.778. The Morgan fingerprint density at radius 2 is 1.79 bits per heavy atom. The van der Waals surface area contributed by atoms with Crippen LogP contribution in [0.5, 0.6) is 0 Å². The summed E-state index contributed by atoms with van der Waals surface area (Å²) in [6, 6.07) is 4.64. The van der Waals surface area contributed by atoms with Gasteiger partial charge in [-0.1, -0.05) is 15.9 Å². The lowest BCUT2D eigenvalue weighted by molar-refractivity contribution is -0.137. The molecule has 19 heavy (non-hydrogen) atoms. The van der Waals surface area contributed by atoms with E-state index in [4.69, 9.17) is 4.42 Å². The SMILES string of the molecule is OC(c1cc(C(F)(F)F)ccc1Br)c1occc1Br. The minimum absolute atomic E-state index is 0.0884. The van der Waals surface area contributed by atoms with Gasteiger partial charge in [-0.3, -0.25) is 0 Å². The molecule has 1 unspecified atom stereocenters. The van der Waals surface area contributed by atoms with Gasteiger partial charge in [0.1, 0.15) is 6.10 Å². The van der Waals surface area contributed by atoms with Crippen molar-refractivity contribution in [2.75, 3.05) is 0 Å². The maximum Gasteiger partial charge on any atom is 0.416 e. The Labute approximate surface area is 123 Å². The van der Waals surface area contributed by atoms with Gasteiger partial charge in [0.2, 0.25) is 0 Å². The standard InChI is InChI=1S/C12H7Br2F3O2/c13-8-2-1-6(12(15,16)17)5-7(8)10(18)11-9(14)3-4-19-11/h1-5,10,18H. The predicted octanol–water partition coefficient (Wildman–Crippen LogP) is 4.91. The van der Waals surface area contributed by atoms with E-state index in [2.05, 4.69) is 31.9 Å². The Hall–Kier alpha value is -0.790. The number of benzene rings is 1. The molecule has 7 heteroatoms. The Morgan fingerprint density at radius 3 is 2.32 bits per heavy atom. The summed E-state index contributed by atoms with van der Waals surface area (Å²) < 4.78 is 43.9. The number of hydrogen-bond donors (Lipinski definition) is 1. The second-order valence-corrected chi connectivity index (χ2v) is 5.48. The number of alkyl halides is 3. The molecule has 0 bridgehead atoms. The first-order valence-corrected chi connectivity index (χ1v) is 6.67. The van der Waals surface area contributed by atoms with Gasteiger partial charge in [0, 0.05) is 10.0 Å². The van der Waals surface area contributed by atoms with Gasteiger partial charge in [0.05, 0.1) is 16.3 Å². The second-order valence-electron chi connectivity index (χ2n) is 3.77. The summed E-state index contributed by atoms with van der Waals surface area (Å²) in [7, 11) is 0. The van der Waals surface area contributed by atoms with Crippen LogP contribution in [0.3, 0.4) is 0 Å². The van der Waals surface area contributed by atoms with Gasteiger partial charge in [-0.15, -0.1) is 0 Å². The van der Waals surface area contributed by atoms with Gasteiger partial charge in [0.25, 0.3) is 0 Å². The number of aliphatic hydroxyl groups is 1. The van der Waals surface area contributed by atoms with Gasteiger partial charge >= 0.3 is 6.18 Å². The molecule has 1 aromatic heterocycles. The molecule has 0 aliphatic carbocycles. The molecular weight excluding hydrogens is 393 g/mol. The van der Waals surface area contributed by atoms with Crippen molar-refractivity contribution in [3.05, 3.63) is 56.4 Å². The van der Waals surface area contributed by atoms with Crippen LogP contribution in [0.2, 0.25) is 0 Å². The van der Waals surface area contributed by atoms with Crippen LogP contribution >= 0.6 is 31.9 Å². The Kier molecular flexibility index (Phi) is 4.08. The highest BCUT2D eigenvalue weighted by Crippen LogP contribution is 2.37. The molecule has 1 heterocycles. The molecule has 2 rings (SSSR count). The molecule has 0 spiro atoms. The van der Waals surface area contributed by atoms with Crippen molar-refractivity contribution in [1.29, 1.82) is 0 Å². The van der Waals surface area contributed by atoms with Crippen LogP contribution in [0.4, 0.5) is 13.2 Å². The normalized spacial score (nSPS) is 13.6. The molecule has 102 valence electrons. The molecular formula is C12H7Br2F3O2. The zero-order chi connectivity index (χ0) is 14.2. The van der Waals surface area contributed by atoms with E-state index in [1.807, 2.05) is 0 Å². The lowest BCUT2D eigenvalue weighted by atomic mass is 10.0. The summed E-state index contributed by atoms with van der Waals surface area (Å²) in [5.41, 5.74) is -0.738. The molecule has 0 aliphatic rings. The molecule has 0 saturated carbocycles. The third-order valence-corrected chi connectivity index (χ3v) is 3.89. The number of furan rings is 1. The number of rotatable bonds is 2. The van der Waals surface area contributed by atoms with Crippen LogP contribution in [-0.2, 0) is 6.18 Å². The summed E-state index contributed by atoms with van der Waals surface area (Å²) in [5.74, 6) is 0.153. The molecule has 2 nitrogen and oxygen atoms in total. The van der Waals surface area contributed by atoms with Crippen LogP contribution in [-0.4, -0.2) is 5.11 Å². The smallest absolute Gasteiger partial charge is 0.416 e. The van der Waals surface area contributed by atoms with Crippen molar-refractivity contribution in [2.24, 2.45) is 0 Å². The van der Waals surface area contributed by atoms with E-state index >= 15 is 0 Å². The monoisotopic (exact) mass is 398 g/mol. The lowest BCUT2D eigenvalue weighted by Crippen LogP contribution is -2.08. The fourth-order valence-corrected chi connectivity index (χ4v) is 2.45. The van der Waals surface area contributed by atoms with E-state index < -0.39 is 17.8 Å². The first-order chi connectivity index (χ1) is 8.80. The van der Waals surface area contributed by atoms with Crippen molar-refractivity contribution in [1.82, 2.24) is 0 Å². The van der Waals surface area contributed by atoms with Gasteiger partial charge in [-0.05, 0) is 40.2 Å². The summed E-state index contributed by atoms with van der Waals surface area (Å²) in [5, 5.41) is 10.1. The maximum atomic E-state index is 12.7. The lowest BCUT2D eigenvalue weighted by Gasteiger charge is -2.14. The zero-order valence-corrected chi connectivity index (χ0v) is 12.4. The highest BCUT2D eigenvalue weighted by atomic mass is 79.9. The van der Waals surface area contributed by atoms with Crippen molar-refractivity contribution < 1.29 is 22.7 Å². The van der Waals surface area contributed by atoms with Crippen molar-refractivity contribution >= 4 is 31.9 Å². The van der Waals surface area contributed by atoms with E-state index in [1.165, 1.54) is 12.3 Å². The molecule has 0 radical (unpaired) electrons. The van der Waals surface area contributed by atoms with E-state index in [-0.39, 0.29) is 11.3 Å². The predicted molar refractivity (Wildman–Crippen MR) is 69.6 cm³/mol. The fraction of sp³-hybridized carbons (Fsp3) is 0.167. The van der Waals surface area contributed by atoms with Crippen LogP contribution in [0.1, 0.15) is 23.0 Å². The Balaban J connectivity index is 2.47. The van der Waals surface area contributed by atoms with Gasteiger partial charge < -0.3 is 9.52 Å². The van der Waals surface area contributed by atoms with Crippen molar-refractivity contribution in [2.45, 2.75) is 12.3 Å². The van der Waals surface area contributed by atoms with E-state index in [0.29, 0.717) is 8.95 Å². The van der Waals surface area contributed by atoms with E-state index in [9.17, 15) is 18.3 Å². The molecule has 1 aromatic carbocycles. The van der Waals surface area contributed by atoms with Gasteiger partial charge in [-0.2, -0.15) is 13.2 Å². The molecule has 0 fully saturated rings. The third kappa shape index (κ3) is 3.04. The Morgan fingerprint density at radius 1 is 1.11 bits per heavy atom. The van der Waals surface area contributed by atoms with Crippen molar-refractivity contribution in [3.8, 4) is 0 Å². The second kappa shape index (κ2) is 5.30. The molecule has 1 atom stereocenters. The van der Waals surface area contributed by atoms with Crippen LogP contribution in [0.15, 0.2) is 43.9 Å². The minimum atomic E-state index is -4.46. The molecule has 0 amide bonds. The average molecular weight is 400 g/mol. The van der Waals surface area contributed by atoms with Crippen LogP contribution in [0.25, 0.3) is 0 Å². The topological polar surface area (TPSA) is 33.4 Å². The van der Waals surface area contributed by atoms with Crippen molar-refractivity contribution in [3.63, 3.8) is 0 Å². The van der Waals surface area contributed by atoms with Gasteiger partial charge in [0.15, 0.2) is 5.76 Å². The minimum Gasteiger partial charge on any atom is -0.465 e. The summed E-state index contributed by atoms with van der Waals surface area (Å²) in [4.78, 5) is 0. The largest absolute Gasteiger partial charge is 0.465 e. The maximum absolute atomic E-state index is 12.7. The van der Waals surface area contributed by atoms with E-state index in [1.54, 1.807) is 6.07 Å². The first kappa shape index (κ1) is 14.6. The Bertz CT molecular complexity index is 593. The summed E-state index contributed by atoms with van der Waals surface area (Å²) >= 11 is 6.28. The summed E-state index contributed by atoms with van der Waals surface area (Å²) in [6.45, 7) is 0. The molecule has 1 N–H and O–H groups in total. The van der Waals surface area contributed by atoms with Crippen LogP contribution < -0.4 is 0 Å². The highest BCUT2D eigenvalue weighted by Gasteiger charge is 2.32. The van der Waals surface area contributed by atoms with Gasteiger partial charge in [-0.25, -0.2) is 0 Å². The first-order valence-electron chi connectivity index (χ1n) is 5.08. The number of hydrogen-bond acceptors (Lipinski definition) is 2. The number of halogens is 5. The summed E-state index contributed by atoms with van der Waals surface area (Å²) in [6.07, 6.45) is -4.42.